The first-order valence-corrected chi connectivity index (χ1v) is 14.3. The Morgan fingerprint density at radius 3 is 1.68 bits per heavy atom. The van der Waals surface area contributed by atoms with Gasteiger partial charge in [-0.3, -0.25) is 0 Å². The average molecular weight is 509 g/mol. The number of ether oxygens (including phenoxy) is 1. The molecule has 0 N–H and O–H groups in total. The van der Waals surface area contributed by atoms with Crippen molar-refractivity contribution in [2.75, 3.05) is 12.8 Å². The molecule has 0 spiro atoms. The molecule has 0 fully saturated rings. The third kappa shape index (κ3) is 5.70. The van der Waals surface area contributed by atoms with Crippen molar-refractivity contribution in [3.05, 3.63) is 119 Å². The van der Waals surface area contributed by atoms with Gasteiger partial charge in [0.05, 0.1) is 0 Å². The Labute approximate surface area is 211 Å². The van der Waals surface area contributed by atoms with Crippen LogP contribution in [0.4, 0.5) is 0 Å². The molecule has 0 aromatic heterocycles. The second-order valence-electron chi connectivity index (χ2n) is 8.25. The molecule has 5 heteroatoms. The molecule has 0 saturated carbocycles. The van der Waals surface area contributed by atoms with Crippen molar-refractivity contribution in [2.24, 2.45) is 0 Å². The molecule has 0 radical (unpaired) electrons. The first-order chi connectivity index (χ1) is 16.6. The van der Waals surface area contributed by atoms with Gasteiger partial charge < -0.3 is 0 Å². The monoisotopic (exact) mass is 508 g/mol. The van der Waals surface area contributed by atoms with Gasteiger partial charge in [-0.25, -0.2) is 0 Å². The zero-order valence-electron chi connectivity index (χ0n) is 18.8. The second kappa shape index (κ2) is 11.7. The molecular weight excluding hydrogens is 482 g/mol. The van der Waals surface area contributed by atoms with Gasteiger partial charge in [0.2, 0.25) is 0 Å². The average Bonchev–Trinajstić information content (AvgIpc) is 2.88. The molecule has 0 heterocycles. The Morgan fingerprint density at radius 2 is 1.21 bits per heavy atom. The summed E-state index contributed by atoms with van der Waals surface area (Å²) in [6, 6.07) is 36.7. The molecule has 0 aliphatic heterocycles. The zero-order valence-corrected chi connectivity index (χ0v) is 21.3. The third-order valence-corrected chi connectivity index (χ3v) is 11.4. The molecule has 34 heavy (non-hydrogen) atoms. The fourth-order valence-corrected chi connectivity index (χ4v) is 9.53. The van der Waals surface area contributed by atoms with Gasteiger partial charge in [0.1, 0.15) is 0 Å². The summed E-state index contributed by atoms with van der Waals surface area (Å²) in [4.78, 5) is 13.4. The summed E-state index contributed by atoms with van der Waals surface area (Å²) < 4.78 is 5.79. The number of carbonyl (C=O) groups excluding carboxylic acids is 1. The van der Waals surface area contributed by atoms with E-state index in [1.807, 2.05) is 18.2 Å². The van der Waals surface area contributed by atoms with Gasteiger partial charge in [0, 0.05) is 0 Å². The van der Waals surface area contributed by atoms with E-state index in [1.165, 1.54) is 15.9 Å². The van der Waals surface area contributed by atoms with E-state index < -0.39 is 7.26 Å². The van der Waals surface area contributed by atoms with E-state index in [0.717, 1.165) is 0 Å². The second-order valence-corrected chi connectivity index (χ2v) is 13.0. The molecule has 4 aromatic carbocycles. The first-order valence-electron chi connectivity index (χ1n) is 11.4. The van der Waals surface area contributed by atoms with Crippen LogP contribution < -0.4 is 20.7 Å². The predicted molar refractivity (Wildman–Crippen MR) is 148 cm³/mol. The van der Waals surface area contributed by atoms with E-state index in [0.29, 0.717) is 41.4 Å². The first kappa shape index (κ1) is 24.5. The minimum absolute atomic E-state index is 0.244. The molecule has 0 aliphatic rings. The normalized spacial score (nSPS) is 11.7. The maximum atomic E-state index is 13.4. The molecule has 4 aromatic rings. The van der Waals surface area contributed by atoms with Crippen LogP contribution in [0.2, 0.25) is 10.0 Å². The molecule has 0 atom stereocenters. The van der Waals surface area contributed by atoms with E-state index in [-0.39, 0.29) is 5.78 Å². The molecule has 0 amide bonds. The number of ketones is 1. The number of hydrogen-bond acceptors (Lipinski definition) is 2. The van der Waals surface area contributed by atoms with Crippen LogP contribution in [0.5, 0.6) is 5.75 Å². The number of halogens is 2. The van der Waals surface area contributed by atoms with Crippen LogP contribution >= 0.6 is 30.5 Å². The van der Waals surface area contributed by atoms with Gasteiger partial charge >= 0.3 is 212 Å². The maximum absolute atomic E-state index is 13.4. The van der Waals surface area contributed by atoms with Crippen LogP contribution in [0.1, 0.15) is 12.8 Å². The van der Waals surface area contributed by atoms with Gasteiger partial charge in [-0.2, -0.15) is 0 Å². The van der Waals surface area contributed by atoms with Crippen molar-refractivity contribution < 1.29 is 9.53 Å². The van der Waals surface area contributed by atoms with Crippen molar-refractivity contribution in [1.29, 1.82) is 0 Å². The Hall–Kier alpha value is -2.64. The van der Waals surface area contributed by atoms with E-state index in [2.05, 4.69) is 72.8 Å². The van der Waals surface area contributed by atoms with Crippen molar-refractivity contribution in [3.63, 3.8) is 0 Å². The Bertz CT molecular complexity index is 1120. The van der Waals surface area contributed by atoms with Crippen LogP contribution in [0, 0.1) is 0 Å². The summed E-state index contributed by atoms with van der Waals surface area (Å²) in [5.74, 6) is 0.828. The fourth-order valence-electron chi connectivity index (χ4n) is 4.40. The summed E-state index contributed by atoms with van der Waals surface area (Å²) >= 11 is 12.1. The third-order valence-electron chi connectivity index (χ3n) is 6.01. The van der Waals surface area contributed by atoms with Crippen molar-refractivity contribution in [3.8, 4) is 5.75 Å². The summed E-state index contributed by atoms with van der Waals surface area (Å²) in [6.07, 6.45) is 1.58. The van der Waals surface area contributed by atoms with Crippen molar-refractivity contribution in [2.45, 2.75) is 12.8 Å². The molecule has 4 rings (SSSR count). The van der Waals surface area contributed by atoms with Gasteiger partial charge in [-0.05, 0) is 0 Å². The van der Waals surface area contributed by atoms with Gasteiger partial charge in [-0.1, -0.05) is 0 Å². The molecular formula is C29H27Cl2O2P. The molecule has 0 saturated heterocycles. The SMILES string of the molecule is O=C(CCCOc1ccc(Cl)cc1Cl)C[PH](c1ccccc1)(c1ccccc1)c1ccccc1. The number of benzene rings is 4. The predicted octanol–water partition coefficient (Wildman–Crippen LogP) is 6.45. The van der Waals surface area contributed by atoms with E-state index in [9.17, 15) is 4.79 Å². The van der Waals surface area contributed by atoms with Crippen molar-refractivity contribution >= 4 is 52.2 Å². The fraction of sp³-hybridized carbons (Fsp3) is 0.138. The standard InChI is InChI=1S/C29H27Cl2O2P/c30-23-18-19-29(28(31)21-23)33-20-10-11-24(32)22-34(25-12-4-1-5-13-25,26-14-6-2-7-15-26)27-16-8-3-9-17-27/h1-9,12-19,21,34H,10-11,20,22H2. The molecule has 0 aliphatic carbocycles. The number of rotatable bonds is 10. The number of Topliss-reactive ketones (excluding diaryl/α,β-unsaturated/α-hetero) is 1. The van der Waals surface area contributed by atoms with E-state index in [1.54, 1.807) is 18.2 Å². The van der Waals surface area contributed by atoms with Gasteiger partial charge in [-0.15, -0.1) is 0 Å². The van der Waals surface area contributed by atoms with Gasteiger partial charge in [0.25, 0.3) is 0 Å². The summed E-state index contributed by atoms with van der Waals surface area (Å²) in [5, 5.41) is 4.76. The van der Waals surface area contributed by atoms with Crippen LogP contribution in [0.15, 0.2) is 109 Å². The molecule has 2 nitrogen and oxygen atoms in total. The quantitative estimate of drug-likeness (QED) is 0.182. The van der Waals surface area contributed by atoms with Crippen LogP contribution in [-0.4, -0.2) is 18.6 Å². The van der Waals surface area contributed by atoms with E-state index in [4.69, 9.17) is 27.9 Å². The van der Waals surface area contributed by atoms with Gasteiger partial charge in [0.15, 0.2) is 0 Å². The number of carbonyl (C=O) groups is 1. The van der Waals surface area contributed by atoms with E-state index >= 15 is 0 Å². The molecule has 0 unspecified atom stereocenters. The topological polar surface area (TPSA) is 26.3 Å². The Kier molecular flexibility index (Phi) is 8.40. The van der Waals surface area contributed by atoms with Crippen LogP contribution in [-0.2, 0) is 4.79 Å². The zero-order chi connectivity index (χ0) is 23.8. The summed E-state index contributed by atoms with van der Waals surface area (Å²) in [7, 11) is -2.55. The van der Waals surface area contributed by atoms with Crippen LogP contribution in [0.3, 0.4) is 0 Å². The summed E-state index contributed by atoms with van der Waals surface area (Å²) in [6.45, 7) is 0.420. The van der Waals surface area contributed by atoms with Crippen molar-refractivity contribution in [1.82, 2.24) is 0 Å². The molecule has 174 valence electrons. The Balaban J connectivity index is 1.57. The number of hydrogen-bond donors (Lipinski definition) is 0. The Morgan fingerprint density at radius 1 is 0.706 bits per heavy atom. The molecule has 0 bridgehead atoms. The summed E-state index contributed by atoms with van der Waals surface area (Å²) in [5.41, 5.74) is 0. The van der Waals surface area contributed by atoms with Crippen LogP contribution in [0.25, 0.3) is 0 Å². The minimum atomic E-state index is -2.55.